The number of nitrogens with zero attached hydrogens (tertiary/aromatic N) is 1. The molecule has 5 nitrogen and oxygen atoms in total. The number of piperidine rings is 1. The molecule has 1 aliphatic rings. The molecule has 0 aliphatic carbocycles. The van der Waals surface area contributed by atoms with E-state index in [-0.39, 0.29) is 17.6 Å². The van der Waals surface area contributed by atoms with Crippen molar-refractivity contribution in [1.82, 2.24) is 4.31 Å². The molecule has 0 atom stereocenters. The van der Waals surface area contributed by atoms with Crippen LogP contribution in [-0.2, 0) is 20.6 Å². The van der Waals surface area contributed by atoms with E-state index in [9.17, 15) is 13.2 Å². The van der Waals surface area contributed by atoms with Crippen LogP contribution in [0.25, 0.3) is 0 Å². The molecule has 1 amide bonds. The highest BCUT2D eigenvalue weighted by atomic mass is 35.5. The van der Waals surface area contributed by atoms with Crippen molar-refractivity contribution in [1.29, 1.82) is 0 Å². The Kier molecular flexibility index (Phi) is 6.19. The molecule has 1 aliphatic heterocycles. The number of hydrogen-bond donors (Lipinski definition) is 1. The quantitative estimate of drug-likeness (QED) is 0.820. The number of amides is 1. The number of nitrogens with one attached hydrogen (secondary N) is 1. The summed E-state index contributed by atoms with van der Waals surface area (Å²) in [6.45, 7) is 2.65. The summed E-state index contributed by atoms with van der Waals surface area (Å²) >= 11 is 5.85. The number of aryl methyl sites for hydroxylation is 1. The predicted octanol–water partition coefficient (Wildman–Crippen LogP) is 3.83. The minimum Gasteiger partial charge on any atom is -0.326 e. The van der Waals surface area contributed by atoms with Gasteiger partial charge in [-0.15, -0.1) is 0 Å². The van der Waals surface area contributed by atoms with Crippen LogP contribution < -0.4 is 5.32 Å². The first-order valence-corrected chi connectivity index (χ1v) is 10.9. The second-order valence-corrected chi connectivity index (χ2v) is 9.26. The van der Waals surface area contributed by atoms with Gasteiger partial charge in [-0.2, -0.15) is 0 Å². The van der Waals surface area contributed by atoms with E-state index in [1.165, 1.54) is 4.31 Å². The van der Waals surface area contributed by atoms with Crippen LogP contribution in [0, 0.1) is 12.8 Å². The second-order valence-electron chi connectivity index (χ2n) is 6.85. The van der Waals surface area contributed by atoms with Crippen molar-refractivity contribution in [3.05, 3.63) is 64.7 Å². The van der Waals surface area contributed by atoms with Crippen molar-refractivity contribution in [2.45, 2.75) is 25.5 Å². The summed E-state index contributed by atoms with van der Waals surface area (Å²) in [6, 6.07) is 14.5. The van der Waals surface area contributed by atoms with Gasteiger partial charge in [-0.3, -0.25) is 4.79 Å². The first-order chi connectivity index (χ1) is 12.8. The molecule has 144 valence electrons. The zero-order chi connectivity index (χ0) is 19.4. The molecule has 3 rings (SSSR count). The van der Waals surface area contributed by atoms with E-state index in [2.05, 4.69) is 5.32 Å². The zero-order valence-electron chi connectivity index (χ0n) is 15.2. The molecule has 0 unspecified atom stereocenters. The minimum absolute atomic E-state index is 0.00130. The van der Waals surface area contributed by atoms with E-state index in [4.69, 9.17) is 11.6 Å². The minimum atomic E-state index is -3.38. The average Bonchev–Trinajstić information content (AvgIpc) is 2.65. The van der Waals surface area contributed by atoms with Crippen LogP contribution in [0.5, 0.6) is 0 Å². The second kappa shape index (κ2) is 8.42. The normalized spacial score (nSPS) is 16.2. The topological polar surface area (TPSA) is 66.5 Å². The van der Waals surface area contributed by atoms with E-state index in [1.807, 2.05) is 31.2 Å². The first kappa shape index (κ1) is 19.9. The summed E-state index contributed by atoms with van der Waals surface area (Å²) in [4.78, 5) is 12.4. The molecule has 1 heterocycles. The molecule has 0 aromatic heterocycles. The monoisotopic (exact) mass is 406 g/mol. The van der Waals surface area contributed by atoms with Gasteiger partial charge in [-0.05, 0) is 55.2 Å². The van der Waals surface area contributed by atoms with Crippen molar-refractivity contribution < 1.29 is 13.2 Å². The van der Waals surface area contributed by atoms with E-state index in [0.29, 0.717) is 36.6 Å². The van der Waals surface area contributed by atoms with Gasteiger partial charge in [-0.25, -0.2) is 12.7 Å². The number of carbonyl (C=O) groups excluding carboxylic acids is 1. The Balaban J connectivity index is 1.57. The van der Waals surface area contributed by atoms with Gasteiger partial charge in [0.2, 0.25) is 15.9 Å². The zero-order valence-corrected chi connectivity index (χ0v) is 16.8. The molecule has 1 N–H and O–H groups in total. The molecule has 0 spiro atoms. The molecular formula is C20H23ClN2O3S. The van der Waals surface area contributed by atoms with E-state index in [0.717, 1.165) is 11.1 Å². The molecule has 1 fully saturated rings. The van der Waals surface area contributed by atoms with Crippen LogP contribution in [-0.4, -0.2) is 31.7 Å². The van der Waals surface area contributed by atoms with Gasteiger partial charge >= 0.3 is 0 Å². The average molecular weight is 407 g/mol. The van der Waals surface area contributed by atoms with Crippen molar-refractivity contribution >= 4 is 33.2 Å². The third kappa shape index (κ3) is 5.09. The summed E-state index contributed by atoms with van der Waals surface area (Å²) in [5.41, 5.74) is 2.48. The molecule has 2 aromatic carbocycles. The van der Waals surface area contributed by atoms with Gasteiger partial charge in [0.1, 0.15) is 0 Å². The third-order valence-corrected chi connectivity index (χ3v) is 7.01. The predicted molar refractivity (Wildman–Crippen MR) is 108 cm³/mol. The maximum absolute atomic E-state index is 12.7. The van der Waals surface area contributed by atoms with Crippen molar-refractivity contribution in [2.75, 3.05) is 18.4 Å². The lowest BCUT2D eigenvalue weighted by Gasteiger charge is -2.30. The summed E-state index contributed by atoms with van der Waals surface area (Å²) in [5.74, 6) is -0.264. The fourth-order valence-electron chi connectivity index (χ4n) is 3.23. The number of carbonyl (C=O) groups is 1. The summed E-state index contributed by atoms with van der Waals surface area (Å²) in [6.07, 6.45) is 1.04. The van der Waals surface area contributed by atoms with E-state index in [1.54, 1.807) is 24.3 Å². The van der Waals surface area contributed by atoms with Crippen molar-refractivity contribution in [3.63, 3.8) is 0 Å². The Bertz CT molecular complexity index is 905. The molecule has 0 saturated carbocycles. The number of halogens is 1. The Labute approximate surface area is 165 Å². The molecule has 1 saturated heterocycles. The van der Waals surface area contributed by atoms with Crippen LogP contribution in [0.3, 0.4) is 0 Å². The Morgan fingerprint density at radius 2 is 1.74 bits per heavy atom. The highest BCUT2D eigenvalue weighted by Gasteiger charge is 2.31. The number of hydrogen-bond acceptors (Lipinski definition) is 3. The number of anilines is 1. The van der Waals surface area contributed by atoms with Gasteiger partial charge < -0.3 is 5.32 Å². The van der Waals surface area contributed by atoms with Gasteiger partial charge in [0.25, 0.3) is 0 Å². The molecule has 7 heteroatoms. The lowest BCUT2D eigenvalue weighted by molar-refractivity contribution is -0.120. The largest absolute Gasteiger partial charge is 0.326 e. The highest BCUT2D eigenvalue weighted by Crippen LogP contribution is 2.24. The maximum atomic E-state index is 12.7. The third-order valence-electron chi connectivity index (χ3n) is 4.93. The number of sulfonamides is 1. The van der Waals surface area contributed by atoms with Crippen molar-refractivity contribution in [3.8, 4) is 0 Å². The molecule has 0 radical (unpaired) electrons. The smallest absolute Gasteiger partial charge is 0.227 e. The summed E-state index contributed by atoms with van der Waals surface area (Å²) in [7, 11) is -3.38. The highest BCUT2D eigenvalue weighted by molar-refractivity contribution is 7.88. The Hall–Kier alpha value is -1.89. The maximum Gasteiger partial charge on any atom is 0.227 e. The van der Waals surface area contributed by atoms with Crippen molar-refractivity contribution in [2.24, 2.45) is 5.92 Å². The number of benzene rings is 2. The van der Waals surface area contributed by atoms with Crippen LogP contribution in [0.4, 0.5) is 5.69 Å². The summed E-state index contributed by atoms with van der Waals surface area (Å²) in [5, 5.41) is 3.49. The van der Waals surface area contributed by atoms with Crippen LogP contribution >= 0.6 is 11.6 Å². The first-order valence-electron chi connectivity index (χ1n) is 8.94. The van der Waals surface area contributed by atoms with Crippen LogP contribution in [0.2, 0.25) is 5.02 Å². The molecule has 27 heavy (non-hydrogen) atoms. The van der Waals surface area contributed by atoms with Crippen LogP contribution in [0.15, 0.2) is 48.5 Å². The lowest BCUT2D eigenvalue weighted by Crippen LogP contribution is -2.41. The number of rotatable bonds is 5. The van der Waals surface area contributed by atoms with Gasteiger partial charge in [0.05, 0.1) is 5.75 Å². The Morgan fingerprint density at radius 3 is 2.37 bits per heavy atom. The molecule has 2 aromatic rings. The van der Waals surface area contributed by atoms with E-state index >= 15 is 0 Å². The standard InChI is InChI=1S/C20H23ClN2O3S/c1-15-4-2-3-5-17(15)14-27(25,26)23-12-10-16(11-13-23)20(24)22-19-8-6-18(21)7-9-19/h2-9,16H,10-14H2,1H3,(H,22,24). The Morgan fingerprint density at radius 1 is 1.11 bits per heavy atom. The fraction of sp³-hybridized carbons (Fsp3) is 0.350. The van der Waals surface area contributed by atoms with Gasteiger partial charge in [0.15, 0.2) is 0 Å². The lowest BCUT2D eigenvalue weighted by atomic mass is 9.97. The van der Waals surface area contributed by atoms with E-state index < -0.39 is 10.0 Å². The van der Waals surface area contributed by atoms with Gasteiger partial charge in [0, 0.05) is 29.7 Å². The molecular weight excluding hydrogens is 384 g/mol. The van der Waals surface area contributed by atoms with Crippen LogP contribution in [0.1, 0.15) is 24.0 Å². The van der Waals surface area contributed by atoms with Gasteiger partial charge in [-0.1, -0.05) is 35.9 Å². The fourth-order valence-corrected chi connectivity index (χ4v) is 5.03. The SMILES string of the molecule is Cc1ccccc1CS(=O)(=O)N1CCC(C(=O)Nc2ccc(Cl)cc2)CC1. The summed E-state index contributed by atoms with van der Waals surface area (Å²) < 4.78 is 26.9. The molecule has 0 bridgehead atoms.